The molecule has 0 N–H and O–H groups in total. The van der Waals surface area contributed by atoms with Crippen molar-refractivity contribution in [3.8, 4) is 0 Å². The highest BCUT2D eigenvalue weighted by molar-refractivity contribution is 7.86. The third kappa shape index (κ3) is 4.05. The van der Waals surface area contributed by atoms with Crippen molar-refractivity contribution in [3.05, 3.63) is 87.5 Å². The standard InChI is InChI=1S/C26H21FN4O5S2/c1-26(2)17-11-21-19(28-25(37-21)38(4)36)12-20(17)30(14-5-7-15(8-6-14)31(34)35)22(26)10-9-16-23(32)18(27)13-29(3)24(16)33/h5-13H,1-4H3/b16-9-,22-10+. The van der Waals surface area contributed by atoms with E-state index in [4.69, 9.17) is 0 Å². The molecule has 0 saturated carbocycles. The number of nitro groups is 1. The summed E-state index contributed by atoms with van der Waals surface area (Å²) in [4.78, 5) is 43.2. The summed E-state index contributed by atoms with van der Waals surface area (Å²) in [6.07, 6.45) is 5.34. The van der Waals surface area contributed by atoms with Crippen LogP contribution in [0.1, 0.15) is 19.4 Å². The zero-order valence-corrected chi connectivity index (χ0v) is 22.4. The zero-order valence-electron chi connectivity index (χ0n) is 20.7. The Morgan fingerprint density at radius 2 is 1.84 bits per heavy atom. The maximum atomic E-state index is 14.1. The molecule has 1 unspecified atom stereocenters. The number of thiazole rings is 1. The Hall–Kier alpha value is -4.03. The fourth-order valence-corrected chi connectivity index (χ4v) is 6.28. The number of anilines is 2. The molecule has 38 heavy (non-hydrogen) atoms. The lowest BCUT2D eigenvalue weighted by atomic mass is 9.83. The number of hydrogen-bond acceptors (Lipinski definition) is 8. The molecule has 1 atom stereocenters. The van der Waals surface area contributed by atoms with Crippen molar-refractivity contribution in [2.24, 2.45) is 0 Å². The fourth-order valence-electron chi connectivity index (χ4n) is 4.59. The molecule has 2 aliphatic heterocycles. The van der Waals surface area contributed by atoms with Crippen LogP contribution in [0.3, 0.4) is 0 Å². The van der Waals surface area contributed by atoms with Crippen molar-refractivity contribution < 1.29 is 23.1 Å². The summed E-state index contributed by atoms with van der Waals surface area (Å²) in [5, 5.41) is 11.2. The minimum absolute atomic E-state index is 0.0752. The van der Waals surface area contributed by atoms with Gasteiger partial charge in [0.05, 0.1) is 37.2 Å². The van der Waals surface area contributed by atoms with Crippen LogP contribution >= 0.6 is 11.3 Å². The number of benzene rings is 2. The van der Waals surface area contributed by atoms with Crippen molar-refractivity contribution in [1.29, 1.82) is 0 Å². The van der Waals surface area contributed by atoms with Gasteiger partial charge in [-0.05, 0) is 42.0 Å². The van der Waals surface area contributed by atoms with Gasteiger partial charge in [0.2, 0.25) is 5.78 Å². The third-order valence-electron chi connectivity index (χ3n) is 6.57. The van der Waals surface area contributed by atoms with Gasteiger partial charge in [0.25, 0.3) is 11.6 Å². The smallest absolute Gasteiger partial charge is 0.269 e. The average Bonchev–Trinajstić information content (AvgIpc) is 3.38. The van der Waals surface area contributed by atoms with E-state index in [9.17, 15) is 28.3 Å². The van der Waals surface area contributed by atoms with E-state index in [0.717, 1.165) is 27.1 Å². The van der Waals surface area contributed by atoms with Gasteiger partial charge in [-0.3, -0.25) is 23.9 Å². The van der Waals surface area contributed by atoms with E-state index < -0.39 is 38.7 Å². The number of non-ortho nitro benzene ring substituents is 1. The monoisotopic (exact) mass is 552 g/mol. The summed E-state index contributed by atoms with van der Waals surface area (Å²) in [6, 6.07) is 9.82. The van der Waals surface area contributed by atoms with Gasteiger partial charge >= 0.3 is 0 Å². The number of likely N-dealkylation sites (N-methyl/N-ethyl adjacent to an activating group) is 1. The number of rotatable bonds is 4. The number of Topliss-reactive ketones (excluding diaryl/α,β-unsaturated/α-hetero) is 1. The van der Waals surface area contributed by atoms with Crippen LogP contribution in [-0.4, -0.2) is 44.0 Å². The summed E-state index contributed by atoms with van der Waals surface area (Å²) in [6.45, 7) is 3.93. The highest BCUT2D eigenvalue weighted by Gasteiger charge is 2.42. The van der Waals surface area contributed by atoms with Gasteiger partial charge in [-0.1, -0.05) is 13.8 Å². The van der Waals surface area contributed by atoms with Gasteiger partial charge < -0.3 is 9.80 Å². The van der Waals surface area contributed by atoms with Crippen molar-refractivity contribution >= 4 is 61.1 Å². The number of fused-ring (bicyclic) bond motifs is 2. The molecule has 1 aromatic heterocycles. The van der Waals surface area contributed by atoms with Gasteiger partial charge in [-0.25, -0.2) is 9.37 Å². The van der Waals surface area contributed by atoms with E-state index in [1.165, 1.54) is 36.6 Å². The minimum Gasteiger partial charge on any atom is -0.315 e. The van der Waals surface area contributed by atoms with Gasteiger partial charge in [0.15, 0.2) is 10.2 Å². The van der Waals surface area contributed by atoms with E-state index >= 15 is 0 Å². The molecule has 2 aliphatic rings. The molecule has 3 heterocycles. The van der Waals surface area contributed by atoms with Gasteiger partial charge in [0.1, 0.15) is 0 Å². The number of halogens is 1. The van der Waals surface area contributed by atoms with Crippen LogP contribution in [0.5, 0.6) is 0 Å². The summed E-state index contributed by atoms with van der Waals surface area (Å²) in [5.74, 6) is -2.66. The second-order valence-electron chi connectivity index (χ2n) is 9.36. The van der Waals surface area contributed by atoms with Crippen LogP contribution in [0, 0.1) is 10.1 Å². The van der Waals surface area contributed by atoms with E-state index in [-0.39, 0.29) is 11.3 Å². The van der Waals surface area contributed by atoms with Crippen LogP contribution in [-0.2, 0) is 25.8 Å². The lowest BCUT2D eigenvalue weighted by Gasteiger charge is -2.27. The number of carbonyl (C=O) groups excluding carboxylic acids is 2. The van der Waals surface area contributed by atoms with Gasteiger partial charge in [-0.2, -0.15) is 0 Å². The molecule has 12 heteroatoms. The van der Waals surface area contributed by atoms with Crippen molar-refractivity contribution in [3.63, 3.8) is 0 Å². The molecule has 0 saturated heterocycles. The Bertz CT molecular complexity index is 1670. The second-order valence-corrected chi connectivity index (χ2v) is 11.9. The summed E-state index contributed by atoms with van der Waals surface area (Å²) in [7, 11) is 0.118. The van der Waals surface area contributed by atoms with E-state index in [1.54, 1.807) is 24.5 Å². The van der Waals surface area contributed by atoms with Crippen LogP contribution in [0.25, 0.3) is 10.2 Å². The van der Waals surface area contributed by atoms with Crippen molar-refractivity contribution in [1.82, 2.24) is 9.88 Å². The molecule has 0 fully saturated rings. The number of amides is 1. The molecular weight excluding hydrogens is 531 g/mol. The average molecular weight is 553 g/mol. The van der Waals surface area contributed by atoms with E-state index in [2.05, 4.69) is 4.98 Å². The van der Waals surface area contributed by atoms with E-state index in [0.29, 0.717) is 21.2 Å². The summed E-state index contributed by atoms with van der Waals surface area (Å²) < 4.78 is 27.5. The van der Waals surface area contributed by atoms with Gasteiger partial charge in [-0.15, -0.1) is 11.3 Å². The SMILES string of the molecule is CN1C=C(F)C(=O)/C(=C/C=C2/N(c3ccc([N+](=O)[O-])cc3)c3cc4nc(S(C)=O)sc4cc3C2(C)C)C1=O. The Balaban J connectivity index is 1.72. The second kappa shape index (κ2) is 9.07. The van der Waals surface area contributed by atoms with Crippen molar-refractivity contribution in [2.45, 2.75) is 23.6 Å². The molecule has 0 spiro atoms. The van der Waals surface area contributed by atoms with E-state index in [1.807, 2.05) is 30.9 Å². The summed E-state index contributed by atoms with van der Waals surface area (Å²) >= 11 is 1.33. The fraction of sp³-hybridized carbons (Fsp3) is 0.192. The lowest BCUT2D eigenvalue weighted by Crippen LogP contribution is -2.32. The molecular formula is C26H21FN4O5S2. The number of ketones is 1. The predicted molar refractivity (Wildman–Crippen MR) is 143 cm³/mol. The maximum Gasteiger partial charge on any atom is 0.269 e. The van der Waals surface area contributed by atoms with Crippen LogP contribution in [0.4, 0.5) is 21.5 Å². The predicted octanol–water partition coefficient (Wildman–Crippen LogP) is 5.03. The van der Waals surface area contributed by atoms with Gasteiger partial charge in [0, 0.05) is 48.4 Å². The number of hydrogen-bond donors (Lipinski definition) is 0. The van der Waals surface area contributed by atoms with Crippen LogP contribution < -0.4 is 4.90 Å². The number of aromatic nitrogens is 1. The van der Waals surface area contributed by atoms with Crippen LogP contribution in [0.15, 0.2) is 76.2 Å². The Morgan fingerprint density at radius 3 is 2.47 bits per heavy atom. The molecule has 5 rings (SSSR count). The molecule has 1 amide bonds. The molecule has 194 valence electrons. The first-order chi connectivity index (χ1) is 17.9. The van der Waals surface area contributed by atoms with Crippen molar-refractivity contribution in [2.75, 3.05) is 18.2 Å². The number of carbonyl (C=O) groups is 2. The van der Waals surface area contributed by atoms with Crippen LogP contribution in [0.2, 0.25) is 0 Å². The molecule has 9 nitrogen and oxygen atoms in total. The molecule has 0 aliphatic carbocycles. The first-order valence-electron chi connectivity index (χ1n) is 11.3. The third-order valence-corrected chi connectivity index (χ3v) is 8.92. The maximum absolute atomic E-state index is 14.1. The normalized spacial score (nSPS) is 19.9. The topological polar surface area (TPSA) is 114 Å². The number of nitrogens with zero attached hydrogens (tertiary/aromatic N) is 4. The minimum atomic E-state index is -1.25. The largest absolute Gasteiger partial charge is 0.315 e. The summed E-state index contributed by atoms with van der Waals surface area (Å²) in [5.41, 5.74) is 2.49. The molecule has 0 bridgehead atoms. The lowest BCUT2D eigenvalue weighted by molar-refractivity contribution is -0.384. The molecule has 3 aromatic rings. The quantitative estimate of drug-likeness (QED) is 0.193. The zero-order chi connectivity index (χ0) is 27.5. The Morgan fingerprint density at radius 1 is 1.16 bits per heavy atom. The molecule has 0 radical (unpaired) electrons. The first-order valence-corrected chi connectivity index (χ1v) is 13.7. The molecule has 2 aromatic carbocycles. The number of allylic oxidation sites excluding steroid dienone is 4. The highest BCUT2D eigenvalue weighted by atomic mass is 32.2. The Labute approximate surface area is 223 Å². The first kappa shape index (κ1) is 25.6. The highest BCUT2D eigenvalue weighted by Crippen LogP contribution is 2.53. The number of nitro benzene ring substituents is 1. The Kier molecular flexibility index (Phi) is 6.11.